The molecule has 0 bridgehead atoms. The Kier molecular flexibility index (Phi) is 2.88. The zero-order valence-corrected chi connectivity index (χ0v) is 9.03. The maximum Gasteiger partial charge on any atom is 0.133 e. The number of carbonyl (C=O) groups excluding carboxylic acids is 1. The Morgan fingerprint density at radius 2 is 2.14 bits per heavy atom. The van der Waals surface area contributed by atoms with Gasteiger partial charge in [-0.05, 0) is 26.8 Å². The highest BCUT2D eigenvalue weighted by Gasteiger charge is 2.40. The smallest absolute Gasteiger partial charge is 0.133 e. The van der Waals surface area contributed by atoms with E-state index in [1.54, 1.807) is 6.92 Å². The molecule has 0 radical (unpaired) electrons. The van der Waals surface area contributed by atoms with Crippen molar-refractivity contribution in [2.75, 3.05) is 7.05 Å². The molecule has 2 fully saturated rings. The molecule has 2 rings (SSSR count). The van der Waals surface area contributed by atoms with Gasteiger partial charge < -0.3 is 4.74 Å². The summed E-state index contributed by atoms with van der Waals surface area (Å²) in [5, 5.41) is 0. The van der Waals surface area contributed by atoms with Gasteiger partial charge in [0.05, 0.1) is 6.10 Å². The third-order valence-corrected chi connectivity index (χ3v) is 3.44. The summed E-state index contributed by atoms with van der Waals surface area (Å²) in [6.45, 7) is 1.64. The van der Waals surface area contributed by atoms with Crippen LogP contribution in [0.15, 0.2) is 0 Å². The molecule has 0 N–H and O–H groups in total. The van der Waals surface area contributed by atoms with E-state index in [2.05, 4.69) is 11.9 Å². The molecule has 0 amide bonds. The number of carbonyl (C=O) groups is 1. The lowest BCUT2D eigenvalue weighted by Crippen LogP contribution is -2.37. The van der Waals surface area contributed by atoms with Crippen molar-refractivity contribution in [3.05, 3.63) is 0 Å². The molecule has 1 aliphatic carbocycles. The maximum absolute atomic E-state index is 11.0. The second-order valence-corrected chi connectivity index (χ2v) is 4.55. The molecule has 0 aromatic heterocycles. The van der Waals surface area contributed by atoms with Crippen LogP contribution >= 0.6 is 0 Å². The van der Waals surface area contributed by atoms with Crippen molar-refractivity contribution in [3.63, 3.8) is 0 Å². The highest BCUT2D eigenvalue weighted by molar-refractivity contribution is 5.75. The number of hydrogen-bond donors (Lipinski definition) is 0. The van der Waals surface area contributed by atoms with Crippen LogP contribution in [0, 0.1) is 0 Å². The van der Waals surface area contributed by atoms with Gasteiger partial charge >= 0.3 is 0 Å². The van der Waals surface area contributed by atoms with Gasteiger partial charge in [0.15, 0.2) is 0 Å². The number of rotatable bonds is 2. The normalized spacial score (nSPS) is 38.3. The zero-order chi connectivity index (χ0) is 10.1. The van der Waals surface area contributed by atoms with E-state index in [1.165, 1.54) is 25.7 Å². The first-order valence-corrected chi connectivity index (χ1v) is 5.55. The first-order valence-electron chi connectivity index (χ1n) is 5.55. The van der Waals surface area contributed by atoms with Gasteiger partial charge in [0.2, 0.25) is 0 Å². The molecule has 1 saturated heterocycles. The second-order valence-electron chi connectivity index (χ2n) is 4.55. The van der Waals surface area contributed by atoms with E-state index in [9.17, 15) is 4.79 Å². The summed E-state index contributed by atoms with van der Waals surface area (Å²) in [4.78, 5) is 13.3. The number of ketones is 1. The predicted octanol–water partition coefficient (Wildman–Crippen LogP) is 1.56. The summed E-state index contributed by atoms with van der Waals surface area (Å²) in [6.07, 6.45) is 5.96. The van der Waals surface area contributed by atoms with E-state index in [0.717, 1.165) is 0 Å². The zero-order valence-electron chi connectivity index (χ0n) is 9.03. The number of Topliss-reactive ketones (excluding diaryl/α,β-unsaturated/α-hetero) is 1. The summed E-state index contributed by atoms with van der Waals surface area (Å²) in [6, 6.07) is 0.563. The van der Waals surface area contributed by atoms with Crippen LogP contribution in [0.25, 0.3) is 0 Å². The van der Waals surface area contributed by atoms with Crippen LogP contribution in [0.4, 0.5) is 0 Å². The Hall–Kier alpha value is -0.410. The minimum Gasteiger partial charge on any atom is -0.358 e. The molecule has 3 heteroatoms. The molecule has 0 aromatic rings. The Labute approximate surface area is 85.4 Å². The third-order valence-electron chi connectivity index (χ3n) is 3.44. The van der Waals surface area contributed by atoms with E-state index in [1.807, 2.05) is 0 Å². The molecule has 0 spiro atoms. The van der Waals surface area contributed by atoms with Crippen molar-refractivity contribution < 1.29 is 9.53 Å². The highest BCUT2D eigenvalue weighted by atomic mass is 16.5. The monoisotopic (exact) mass is 197 g/mol. The Morgan fingerprint density at radius 1 is 1.43 bits per heavy atom. The molecular weight excluding hydrogens is 178 g/mol. The first-order chi connectivity index (χ1) is 6.68. The molecule has 0 aromatic carbocycles. The highest BCUT2D eigenvalue weighted by Crippen LogP contribution is 2.33. The molecule has 1 heterocycles. The van der Waals surface area contributed by atoms with Crippen LogP contribution in [0.3, 0.4) is 0 Å². The van der Waals surface area contributed by atoms with Crippen molar-refractivity contribution in [1.29, 1.82) is 0 Å². The Balaban J connectivity index is 1.99. The largest absolute Gasteiger partial charge is 0.358 e. The number of nitrogens with zero attached hydrogens (tertiary/aromatic N) is 1. The lowest BCUT2D eigenvalue weighted by molar-refractivity contribution is -0.121. The second kappa shape index (κ2) is 3.99. The summed E-state index contributed by atoms with van der Waals surface area (Å²) >= 11 is 0. The minimum absolute atomic E-state index is 0.0422. The van der Waals surface area contributed by atoms with Crippen LogP contribution in [0.1, 0.15) is 39.0 Å². The number of hydrogen-bond acceptors (Lipinski definition) is 3. The molecule has 2 aliphatic rings. The minimum atomic E-state index is 0.0422. The van der Waals surface area contributed by atoms with Crippen molar-refractivity contribution in [3.8, 4) is 0 Å². The molecule has 3 nitrogen and oxygen atoms in total. The third kappa shape index (κ3) is 1.84. The van der Waals surface area contributed by atoms with Crippen molar-refractivity contribution in [1.82, 2.24) is 4.90 Å². The van der Waals surface area contributed by atoms with E-state index >= 15 is 0 Å². The van der Waals surface area contributed by atoms with Crippen molar-refractivity contribution >= 4 is 5.78 Å². The fourth-order valence-corrected chi connectivity index (χ4v) is 2.65. The fourth-order valence-electron chi connectivity index (χ4n) is 2.65. The SMILES string of the molecule is CC(=O)CC1OC2CCCCC2N1C. The van der Waals surface area contributed by atoms with Gasteiger partial charge in [-0.2, -0.15) is 0 Å². The van der Waals surface area contributed by atoms with Gasteiger partial charge in [-0.1, -0.05) is 12.8 Å². The van der Waals surface area contributed by atoms with E-state index in [4.69, 9.17) is 4.74 Å². The van der Waals surface area contributed by atoms with Gasteiger partial charge in [-0.3, -0.25) is 9.69 Å². The lowest BCUT2D eigenvalue weighted by Gasteiger charge is -2.27. The quantitative estimate of drug-likeness (QED) is 0.673. The molecule has 80 valence electrons. The molecule has 1 saturated carbocycles. The average Bonchev–Trinajstić information content (AvgIpc) is 2.44. The summed E-state index contributed by atoms with van der Waals surface area (Å²) < 4.78 is 5.89. The predicted molar refractivity (Wildman–Crippen MR) is 54.0 cm³/mol. The average molecular weight is 197 g/mol. The summed E-state index contributed by atoms with van der Waals surface area (Å²) in [5.41, 5.74) is 0. The maximum atomic E-state index is 11.0. The van der Waals surface area contributed by atoms with Crippen LogP contribution in [0.2, 0.25) is 0 Å². The number of fused-ring (bicyclic) bond motifs is 1. The topological polar surface area (TPSA) is 29.5 Å². The van der Waals surface area contributed by atoms with E-state index < -0.39 is 0 Å². The Morgan fingerprint density at radius 3 is 2.79 bits per heavy atom. The first kappa shape index (κ1) is 10.1. The van der Waals surface area contributed by atoms with E-state index in [-0.39, 0.29) is 12.0 Å². The number of ether oxygens (including phenoxy) is 1. The lowest BCUT2D eigenvalue weighted by atomic mass is 9.92. The van der Waals surface area contributed by atoms with Crippen LogP contribution in [0.5, 0.6) is 0 Å². The standard InChI is InChI=1S/C11H19NO2/c1-8(13)7-11-12(2)9-5-3-4-6-10(9)14-11/h9-11H,3-7H2,1-2H3. The van der Waals surface area contributed by atoms with Crippen LogP contribution in [-0.4, -0.2) is 36.1 Å². The molecule has 14 heavy (non-hydrogen) atoms. The van der Waals surface area contributed by atoms with Gasteiger partial charge in [-0.25, -0.2) is 0 Å². The van der Waals surface area contributed by atoms with Gasteiger partial charge in [0, 0.05) is 12.5 Å². The molecule has 1 aliphatic heterocycles. The molecule has 3 atom stereocenters. The Bertz CT molecular complexity index is 229. The van der Waals surface area contributed by atoms with Crippen LogP contribution < -0.4 is 0 Å². The molecule has 3 unspecified atom stereocenters. The fraction of sp³-hybridized carbons (Fsp3) is 0.909. The van der Waals surface area contributed by atoms with E-state index in [0.29, 0.717) is 18.6 Å². The summed E-state index contributed by atoms with van der Waals surface area (Å²) in [7, 11) is 2.09. The summed E-state index contributed by atoms with van der Waals surface area (Å²) in [5.74, 6) is 0.223. The molecular formula is C11H19NO2. The van der Waals surface area contributed by atoms with Gasteiger partial charge in [0.1, 0.15) is 12.0 Å². The van der Waals surface area contributed by atoms with Crippen molar-refractivity contribution in [2.45, 2.75) is 57.4 Å². The van der Waals surface area contributed by atoms with Gasteiger partial charge in [0.25, 0.3) is 0 Å². The van der Waals surface area contributed by atoms with Crippen molar-refractivity contribution in [2.24, 2.45) is 0 Å². The van der Waals surface area contributed by atoms with Gasteiger partial charge in [-0.15, -0.1) is 0 Å². The number of likely N-dealkylation sites (N-methyl/N-ethyl adjacent to an activating group) is 1. The van der Waals surface area contributed by atoms with Crippen LogP contribution in [-0.2, 0) is 9.53 Å².